The van der Waals surface area contributed by atoms with Crippen molar-refractivity contribution in [3.05, 3.63) is 29.8 Å². The second-order valence-electron chi connectivity index (χ2n) is 3.95. The van der Waals surface area contributed by atoms with Crippen LogP contribution in [0.3, 0.4) is 0 Å². The first-order valence-electron chi connectivity index (χ1n) is 5.80. The Bertz CT molecular complexity index is 598. The van der Waals surface area contributed by atoms with Crippen LogP contribution in [0.1, 0.15) is 12.0 Å². The molecule has 1 rings (SSSR count). The Morgan fingerprint density at radius 3 is 2.50 bits per heavy atom. The third-order valence-corrected chi connectivity index (χ3v) is 3.94. The van der Waals surface area contributed by atoms with Crippen LogP contribution in [0.4, 0.5) is 4.79 Å². The van der Waals surface area contributed by atoms with E-state index in [9.17, 15) is 18.0 Å². The Balaban J connectivity index is 2.61. The molecule has 7 nitrogen and oxygen atoms in total. The quantitative estimate of drug-likeness (QED) is 0.773. The van der Waals surface area contributed by atoms with Crippen molar-refractivity contribution < 1.29 is 22.7 Å². The Hall–Kier alpha value is -2.09. The molecule has 20 heavy (non-hydrogen) atoms. The lowest BCUT2D eigenvalue weighted by Gasteiger charge is -2.09. The molecule has 0 unspecified atom stereocenters. The van der Waals surface area contributed by atoms with Crippen molar-refractivity contribution in [2.75, 3.05) is 13.7 Å². The van der Waals surface area contributed by atoms with Crippen LogP contribution in [-0.4, -0.2) is 34.1 Å². The van der Waals surface area contributed by atoms with Gasteiger partial charge < -0.3 is 10.1 Å². The molecule has 0 aliphatic rings. The number of methoxy groups -OCH3 is 1. The molecule has 8 heteroatoms. The highest BCUT2D eigenvalue weighted by atomic mass is 32.2. The van der Waals surface area contributed by atoms with Gasteiger partial charge in [0.25, 0.3) is 10.0 Å². The van der Waals surface area contributed by atoms with E-state index in [4.69, 9.17) is 0 Å². The van der Waals surface area contributed by atoms with Crippen molar-refractivity contribution in [3.8, 4) is 0 Å². The summed E-state index contributed by atoms with van der Waals surface area (Å²) in [6.45, 7) is 1.62. The number of hydrogen-bond acceptors (Lipinski definition) is 5. The standard InChI is InChI=1S/C12H16N2O5S/c1-9-5-3-4-6-10(9)20(17,18)14-12(16)13-8-7-11(15)19-2/h3-6H,7-8H2,1-2H3,(H2,13,14,16). The van der Waals surface area contributed by atoms with E-state index >= 15 is 0 Å². The third-order valence-electron chi connectivity index (χ3n) is 2.45. The lowest BCUT2D eigenvalue weighted by molar-refractivity contribution is -0.140. The number of urea groups is 1. The zero-order chi connectivity index (χ0) is 15.2. The molecule has 2 N–H and O–H groups in total. The Morgan fingerprint density at radius 1 is 1.25 bits per heavy atom. The van der Waals surface area contributed by atoms with Gasteiger partial charge in [-0.3, -0.25) is 4.79 Å². The van der Waals surface area contributed by atoms with Crippen molar-refractivity contribution in [3.63, 3.8) is 0 Å². The molecular formula is C12H16N2O5S. The number of nitrogens with one attached hydrogen (secondary N) is 2. The van der Waals surface area contributed by atoms with Crippen LogP contribution in [0.5, 0.6) is 0 Å². The minimum absolute atomic E-state index is 0.0121. The van der Waals surface area contributed by atoms with E-state index in [0.29, 0.717) is 5.56 Å². The van der Waals surface area contributed by atoms with Crippen LogP contribution >= 0.6 is 0 Å². The van der Waals surface area contributed by atoms with Crippen LogP contribution in [0.15, 0.2) is 29.2 Å². The highest BCUT2D eigenvalue weighted by Crippen LogP contribution is 2.13. The highest BCUT2D eigenvalue weighted by Gasteiger charge is 2.19. The number of aryl methyl sites for hydroxylation is 1. The van der Waals surface area contributed by atoms with Gasteiger partial charge in [0, 0.05) is 6.54 Å². The fraction of sp³-hybridized carbons (Fsp3) is 0.333. The molecule has 0 bridgehead atoms. The number of carbonyl (C=O) groups is 2. The van der Waals surface area contributed by atoms with Gasteiger partial charge >= 0.3 is 12.0 Å². The van der Waals surface area contributed by atoms with E-state index < -0.39 is 22.0 Å². The van der Waals surface area contributed by atoms with Crippen molar-refractivity contribution in [1.82, 2.24) is 10.0 Å². The predicted octanol–water partition coefficient (Wildman–Crippen LogP) is 0.546. The minimum atomic E-state index is -3.92. The summed E-state index contributed by atoms with van der Waals surface area (Å²) >= 11 is 0. The zero-order valence-electron chi connectivity index (χ0n) is 11.2. The number of hydrogen-bond donors (Lipinski definition) is 2. The molecule has 0 aromatic heterocycles. The summed E-state index contributed by atoms with van der Waals surface area (Å²) < 4.78 is 30.2. The van der Waals surface area contributed by atoms with E-state index in [1.54, 1.807) is 25.1 Å². The molecule has 0 atom stereocenters. The summed E-state index contributed by atoms with van der Waals surface area (Å²) in [4.78, 5) is 22.3. The second kappa shape index (κ2) is 6.90. The monoisotopic (exact) mass is 300 g/mol. The number of amides is 2. The fourth-order valence-corrected chi connectivity index (χ4v) is 2.63. The van der Waals surface area contributed by atoms with E-state index in [2.05, 4.69) is 10.1 Å². The highest BCUT2D eigenvalue weighted by molar-refractivity contribution is 7.90. The minimum Gasteiger partial charge on any atom is -0.469 e. The van der Waals surface area contributed by atoms with Crippen LogP contribution in [0, 0.1) is 6.92 Å². The largest absolute Gasteiger partial charge is 0.469 e. The lowest BCUT2D eigenvalue weighted by atomic mass is 10.2. The third kappa shape index (κ3) is 4.54. The normalized spacial score (nSPS) is 10.7. The van der Waals surface area contributed by atoms with E-state index in [1.807, 2.05) is 4.72 Å². The molecule has 0 aliphatic heterocycles. The van der Waals surface area contributed by atoms with Gasteiger partial charge in [0.15, 0.2) is 0 Å². The van der Waals surface area contributed by atoms with Gasteiger partial charge in [0.05, 0.1) is 18.4 Å². The molecule has 0 saturated heterocycles. The lowest BCUT2D eigenvalue weighted by Crippen LogP contribution is -2.40. The molecular weight excluding hydrogens is 284 g/mol. The topological polar surface area (TPSA) is 102 Å². The zero-order valence-corrected chi connectivity index (χ0v) is 12.0. The number of sulfonamides is 1. The first-order valence-corrected chi connectivity index (χ1v) is 7.28. The maximum atomic E-state index is 12.0. The molecule has 1 aromatic carbocycles. The number of ether oxygens (including phenoxy) is 1. The van der Waals surface area contributed by atoms with Gasteiger partial charge in [-0.15, -0.1) is 0 Å². The molecule has 0 saturated carbocycles. The van der Waals surface area contributed by atoms with Crippen molar-refractivity contribution in [1.29, 1.82) is 0 Å². The fourth-order valence-electron chi connectivity index (χ4n) is 1.45. The van der Waals surface area contributed by atoms with Crippen LogP contribution in [0.25, 0.3) is 0 Å². The van der Waals surface area contributed by atoms with Crippen molar-refractivity contribution >= 4 is 22.0 Å². The van der Waals surface area contributed by atoms with Crippen LogP contribution in [0.2, 0.25) is 0 Å². The SMILES string of the molecule is COC(=O)CCNC(=O)NS(=O)(=O)c1ccccc1C. The summed E-state index contributed by atoms with van der Waals surface area (Å²) in [5.74, 6) is -0.493. The maximum Gasteiger partial charge on any atom is 0.328 e. The summed E-state index contributed by atoms with van der Waals surface area (Å²) in [6.07, 6.45) is -0.0334. The Kier molecular flexibility index (Phi) is 5.51. The summed E-state index contributed by atoms with van der Waals surface area (Å²) in [6, 6.07) is 5.40. The number of rotatable bonds is 5. The summed E-state index contributed by atoms with van der Waals surface area (Å²) in [7, 11) is -2.70. The van der Waals surface area contributed by atoms with Gasteiger partial charge in [-0.2, -0.15) is 0 Å². The molecule has 0 spiro atoms. The predicted molar refractivity (Wildman–Crippen MR) is 71.5 cm³/mol. The molecule has 1 aromatic rings. The van der Waals surface area contributed by atoms with E-state index in [0.717, 1.165) is 0 Å². The average Bonchev–Trinajstić information content (AvgIpc) is 2.38. The molecule has 0 aliphatic carbocycles. The summed E-state index contributed by atoms with van der Waals surface area (Å²) in [5, 5.41) is 2.26. The van der Waals surface area contributed by atoms with Gasteiger partial charge in [-0.05, 0) is 18.6 Å². The van der Waals surface area contributed by atoms with Crippen LogP contribution in [-0.2, 0) is 19.6 Å². The Morgan fingerprint density at radius 2 is 1.90 bits per heavy atom. The van der Waals surface area contributed by atoms with E-state index in [1.165, 1.54) is 13.2 Å². The smallest absolute Gasteiger partial charge is 0.328 e. The first kappa shape index (κ1) is 16.0. The van der Waals surface area contributed by atoms with Gasteiger partial charge in [0.2, 0.25) is 0 Å². The summed E-state index contributed by atoms with van der Waals surface area (Å²) in [5.41, 5.74) is 0.530. The van der Waals surface area contributed by atoms with Gasteiger partial charge in [-0.25, -0.2) is 17.9 Å². The molecule has 2 amide bonds. The van der Waals surface area contributed by atoms with Gasteiger partial charge in [-0.1, -0.05) is 18.2 Å². The van der Waals surface area contributed by atoms with Crippen molar-refractivity contribution in [2.24, 2.45) is 0 Å². The average molecular weight is 300 g/mol. The maximum absolute atomic E-state index is 12.0. The molecule has 110 valence electrons. The Labute approximate surface area is 117 Å². The van der Waals surface area contributed by atoms with E-state index in [-0.39, 0.29) is 17.9 Å². The molecule has 0 heterocycles. The number of carbonyl (C=O) groups excluding carboxylic acids is 2. The molecule has 0 fully saturated rings. The number of benzene rings is 1. The van der Waals surface area contributed by atoms with Gasteiger partial charge in [0.1, 0.15) is 0 Å². The van der Waals surface area contributed by atoms with Crippen LogP contribution < -0.4 is 10.0 Å². The van der Waals surface area contributed by atoms with Crippen molar-refractivity contribution in [2.45, 2.75) is 18.2 Å². The first-order chi connectivity index (χ1) is 9.36. The molecule has 0 radical (unpaired) electrons. The number of esters is 1. The second-order valence-corrected chi connectivity index (χ2v) is 5.60.